The lowest BCUT2D eigenvalue weighted by Gasteiger charge is -2.08. The van der Waals surface area contributed by atoms with Gasteiger partial charge in [0, 0.05) is 5.56 Å². The molecule has 0 aliphatic carbocycles. The Kier molecular flexibility index (Phi) is 2.15. The molecule has 0 N–H and O–H groups in total. The van der Waals surface area contributed by atoms with E-state index in [0.717, 1.165) is 17.6 Å². The fourth-order valence-electron chi connectivity index (χ4n) is 3.28. The molecular weight excluding hydrogens is 262 g/mol. The van der Waals surface area contributed by atoms with E-state index >= 15 is 0 Å². The van der Waals surface area contributed by atoms with Crippen molar-refractivity contribution in [2.75, 3.05) is 0 Å². The molecule has 3 aromatic rings. The van der Waals surface area contributed by atoms with Crippen molar-refractivity contribution in [1.82, 2.24) is 15.0 Å². The first-order valence-corrected chi connectivity index (χ1v) is 7.14. The highest BCUT2D eigenvalue weighted by molar-refractivity contribution is 5.81. The van der Waals surface area contributed by atoms with Gasteiger partial charge in [0.05, 0.1) is 12.1 Å². The molecule has 21 heavy (non-hydrogen) atoms. The molecule has 1 aromatic heterocycles. The normalized spacial score (nSPS) is 22.1. The summed E-state index contributed by atoms with van der Waals surface area (Å²) in [6.45, 7) is 0.737. The van der Waals surface area contributed by atoms with Gasteiger partial charge in [-0.3, -0.25) is 0 Å². The minimum Gasteiger partial charge on any atom is -0.357 e. The van der Waals surface area contributed by atoms with Crippen LogP contribution in [0.4, 0.5) is 0 Å². The highest BCUT2D eigenvalue weighted by Crippen LogP contribution is 2.47. The quantitative estimate of drug-likeness (QED) is 0.674. The van der Waals surface area contributed by atoms with Gasteiger partial charge in [0.15, 0.2) is 0 Å². The maximum absolute atomic E-state index is 5.89. The van der Waals surface area contributed by atoms with Crippen LogP contribution >= 0.6 is 0 Å². The van der Waals surface area contributed by atoms with Crippen molar-refractivity contribution >= 4 is 11.0 Å². The summed E-state index contributed by atoms with van der Waals surface area (Å²) in [5.74, 6) is 0. The Balaban J connectivity index is 1.64. The van der Waals surface area contributed by atoms with Crippen molar-refractivity contribution in [3.8, 4) is 0 Å². The number of hydrogen-bond donors (Lipinski definition) is 0. The van der Waals surface area contributed by atoms with Crippen LogP contribution in [-0.4, -0.2) is 15.0 Å². The van der Waals surface area contributed by atoms with Crippen molar-refractivity contribution in [3.63, 3.8) is 0 Å². The Hall–Kier alpha value is -2.46. The molecule has 0 spiro atoms. The minimum absolute atomic E-state index is 0.0515. The predicted molar refractivity (Wildman–Crippen MR) is 78.8 cm³/mol. The third-order valence-corrected chi connectivity index (χ3v) is 4.28. The first kappa shape index (κ1) is 11.2. The van der Waals surface area contributed by atoms with Gasteiger partial charge in [-0.1, -0.05) is 53.8 Å². The smallest absolute Gasteiger partial charge is 0.119 e. The van der Waals surface area contributed by atoms with Gasteiger partial charge in [-0.2, -0.15) is 0 Å². The average Bonchev–Trinajstić information content (AvgIpc) is 3.23. The van der Waals surface area contributed by atoms with Gasteiger partial charge in [-0.05, 0) is 17.2 Å². The third kappa shape index (κ3) is 1.53. The lowest BCUT2D eigenvalue weighted by molar-refractivity contribution is 0.0882. The van der Waals surface area contributed by atoms with Crippen LogP contribution in [0.15, 0.2) is 54.6 Å². The predicted octanol–water partition coefficient (Wildman–Crippen LogP) is 3.16. The maximum Gasteiger partial charge on any atom is 0.119 e. The summed E-state index contributed by atoms with van der Waals surface area (Å²) in [6.07, 6.45) is 4.39. The number of hydrogen-bond acceptors (Lipinski definition) is 3. The summed E-state index contributed by atoms with van der Waals surface area (Å²) < 4.78 is 7.85. The summed E-state index contributed by atoms with van der Waals surface area (Å²) in [4.78, 5) is 0. The minimum atomic E-state index is 0.0515. The molecule has 4 nitrogen and oxygen atoms in total. The number of ether oxygens (including phenoxy) is 1. The van der Waals surface area contributed by atoms with Crippen LogP contribution in [0.5, 0.6) is 0 Å². The van der Waals surface area contributed by atoms with Crippen molar-refractivity contribution in [3.05, 3.63) is 71.3 Å². The zero-order valence-corrected chi connectivity index (χ0v) is 11.3. The lowest BCUT2D eigenvalue weighted by Crippen LogP contribution is -2.02. The molecule has 2 aliphatic rings. The molecule has 5 rings (SSSR count). The van der Waals surface area contributed by atoms with Crippen molar-refractivity contribution in [2.24, 2.45) is 0 Å². The second-order valence-electron chi connectivity index (χ2n) is 5.53. The Bertz CT molecular complexity index is 866. The van der Waals surface area contributed by atoms with Gasteiger partial charge in [-0.25, -0.2) is 4.68 Å². The van der Waals surface area contributed by atoms with E-state index in [-0.39, 0.29) is 12.2 Å². The Morgan fingerprint density at radius 3 is 2.76 bits per heavy atom. The summed E-state index contributed by atoms with van der Waals surface area (Å²) in [5.41, 5.74) is 5.70. The zero-order valence-electron chi connectivity index (χ0n) is 11.3. The van der Waals surface area contributed by atoms with Gasteiger partial charge in [0.25, 0.3) is 0 Å². The topological polar surface area (TPSA) is 39.9 Å². The van der Waals surface area contributed by atoms with E-state index in [2.05, 4.69) is 46.7 Å². The Labute approximate surface area is 121 Å². The molecule has 0 saturated heterocycles. The zero-order chi connectivity index (χ0) is 13.8. The molecule has 4 heteroatoms. The average molecular weight is 275 g/mol. The van der Waals surface area contributed by atoms with E-state index in [4.69, 9.17) is 4.74 Å². The van der Waals surface area contributed by atoms with Crippen LogP contribution in [-0.2, 0) is 11.3 Å². The van der Waals surface area contributed by atoms with E-state index in [9.17, 15) is 0 Å². The largest absolute Gasteiger partial charge is 0.357 e. The van der Waals surface area contributed by atoms with E-state index in [0.29, 0.717) is 0 Å². The van der Waals surface area contributed by atoms with E-state index < -0.39 is 0 Å². The van der Waals surface area contributed by atoms with Crippen molar-refractivity contribution in [2.45, 2.75) is 18.8 Å². The van der Waals surface area contributed by atoms with Crippen molar-refractivity contribution < 1.29 is 4.74 Å². The standard InChI is InChI=1S/C17H13N3O/c1-2-4-11(5-3-1)10-20-13-7-6-12-14-8-9-15(21-14)16(12)17(13)18-19-20/h1-9,14-15H,10H2. The molecule has 0 saturated carbocycles. The molecule has 102 valence electrons. The van der Waals surface area contributed by atoms with Gasteiger partial charge in [0.1, 0.15) is 17.7 Å². The highest BCUT2D eigenvalue weighted by Gasteiger charge is 2.36. The van der Waals surface area contributed by atoms with Crippen LogP contribution in [0.25, 0.3) is 11.0 Å². The van der Waals surface area contributed by atoms with E-state index in [1.807, 2.05) is 22.9 Å². The van der Waals surface area contributed by atoms with E-state index in [1.165, 1.54) is 16.7 Å². The van der Waals surface area contributed by atoms with Crippen LogP contribution in [0.2, 0.25) is 0 Å². The fraction of sp³-hybridized carbons (Fsp3) is 0.176. The second-order valence-corrected chi connectivity index (χ2v) is 5.53. The number of fused-ring (bicyclic) bond motifs is 7. The van der Waals surface area contributed by atoms with Gasteiger partial charge >= 0.3 is 0 Å². The Morgan fingerprint density at radius 1 is 1.00 bits per heavy atom. The molecule has 2 bridgehead atoms. The van der Waals surface area contributed by atoms with Crippen LogP contribution in [0.3, 0.4) is 0 Å². The maximum atomic E-state index is 5.89. The summed E-state index contributed by atoms with van der Waals surface area (Å²) >= 11 is 0. The lowest BCUT2D eigenvalue weighted by atomic mass is 9.95. The Morgan fingerprint density at radius 2 is 1.86 bits per heavy atom. The molecule has 2 aromatic carbocycles. The summed E-state index contributed by atoms with van der Waals surface area (Å²) in [7, 11) is 0. The number of nitrogens with zero attached hydrogens (tertiary/aromatic N) is 3. The summed E-state index contributed by atoms with van der Waals surface area (Å²) in [5, 5.41) is 8.74. The first-order valence-electron chi connectivity index (χ1n) is 7.14. The number of rotatable bonds is 2. The van der Waals surface area contributed by atoms with E-state index in [1.54, 1.807) is 0 Å². The second kappa shape index (κ2) is 4.02. The van der Waals surface area contributed by atoms with Gasteiger partial charge < -0.3 is 4.74 Å². The third-order valence-electron chi connectivity index (χ3n) is 4.28. The number of aromatic nitrogens is 3. The van der Waals surface area contributed by atoms with Crippen LogP contribution in [0, 0.1) is 0 Å². The molecular formula is C17H13N3O. The fourth-order valence-corrected chi connectivity index (χ4v) is 3.28. The molecule has 3 heterocycles. The number of benzene rings is 2. The highest BCUT2D eigenvalue weighted by atomic mass is 16.5. The molecule has 2 unspecified atom stereocenters. The van der Waals surface area contributed by atoms with Crippen LogP contribution in [0.1, 0.15) is 28.9 Å². The molecule has 0 fully saturated rings. The van der Waals surface area contributed by atoms with Crippen LogP contribution < -0.4 is 0 Å². The molecule has 0 radical (unpaired) electrons. The monoisotopic (exact) mass is 275 g/mol. The summed E-state index contributed by atoms with van der Waals surface area (Å²) in [6, 6.07) is 14.6. The van der Waals surface area contributed by atoms with Gasteiger partial charge in [0.2, 0.25) is 0 Å². The molecule has 2 atom stereocenters. The molecule has 2 aliphatic heterocycles. The SMILES string of the molecule is C1=CC2OC1c1ccc3c(nnn3Cc3ccccc3)c12. The van der Waals surface area contributed by atoms with Crippen molar-refractivity contribution in [1.29, 1.82) is 0 Å². The first-order chi connectivity index (χ1) is 10.4. The van der Waals surface area contributed by atoms with Gasteiger partial charge in [-0.15, -0.1) is 5.10 Å². The molecule has 0 amide bonds.